The highest BCUT2D eigenvalue weighted by molar-refractivity contribution is 7.90. The quantitative estimate of drug-likeness (QED) is 0.630. The van der Waals surface area contributed by atoms with Gasteiger partial charge in [0, 0.05) is 24.8 Å². The van der Waals surface area contributed by atoms with Crippen LogP contribution in [-0.4, -0.2) is 37.4 Å². The molecule has 116 valence electrons. The summed E-state index contributed by atoms with van der Waals surface area (Å²) in [5.41, 5.74) is -0.00286. The Bertz CT molecular complexity index is 644. The Balaban J connectivity index is 2.21. The van der Waals surface area contributed by atoms with Gasteiger partial charge in [-0.15, -0.1) is 0 Å². The second-order valence-corrected chi connectivity index (χ2v) is 7.36. The Kier molecular flexibility index (Phi) is 4.48. The van der Waals surface area contributed by atoms with Crippen molar-refractivity contribution in [2.45, 2.75) is 30.3 Å². The third kappa shape index (κ3) is 3.70. The second kappa shape index (κ2) is 5.98. The van der Waals surface area contributed by atoms with Gasteiger partial charge >= 0.3 is 0 Å². The smallest absolute Gasteiger partial charge is 0.293 e. The molecule has 1 saturated carbocycles. The monoisotopic (exact) mass is 314 g/mol. The molecule has 21 heavy (non-hydrogen) atoms. The van der Waals surface area contributed by atoms with Crippen LogP contribution in [0.3, 0.4) is 0 Å². The van der Waals surface area contributed by atoms with Gasteiger partial charge in [-0.2, -0.15) is 0 Å². The highest BCUT2D eigenvalue weighted by Gasteiger charge is 2.26. The van der Waals surface area contributed by atoms with E-state index < -0.39 is 14.8 Å². The summed E-state index contributed by atoms with van der Waals surface area (Å²) >= 11 is 0. The first-order chi connectivity index (χ1) is 9.79. The van der Waals surface area contributed by atoms with E-state index in [1.807, 2.05) is 0 Å². The maximum absolute atomic E-state index is 11.5. The van der Waals surface area contributed by atoms with Gasteiger partial charge in [0.05, 0.1) is 15.9 Å². The minimum atomic E-state index is -3.49. The minimum Gasteiger partial charge on any atom is -0.393 e. The van der Waals surface area contributed by atoms with Crippen molar-refractivity contribution in [3.8, 4) is 0 Å². The van der Waals surface area contributed by atoms with Crippen molar-refractivity contribution in [1.29, 1.82) is 0 Å². The third-order valence-corrected chi connectivity index (χ3v) is 4.88. The molecule has 1 aromatic rings. The number of nitrogens with one attached hydrogen (secondary N) is 1. The molecule has 8 heteroatoms. The van der Waals surface area contributed by atoms with Crippen LogP contribution in [0.1, 0.15) is 19.3 Å². The number of aliphatic hydroxyl groups is 1. The summed E-state index contributed by atoms with van der Waals surface area (Å²) in [6, 6.07) is 3.80. The molecule has 0 amide bonds. The van der Waals surface area contributed by atoms with Gasteiger partial charge in [-0.1, -0.05) is 6.42 Å². The Morgan fingerprint density at radius 3 is 2.67 bits per heavy atom. The molecule has 0 radical (unpaired) electrons. The maximum atomic E-state index is 11.5. The van der Waals surface area contributed by atoms with Gasteiger partial charge in [-0.25, -0.2) is 8.42 Å². The molecule has 1 aromatic carbocycles. The van der Waals surface area contributed by atoms with Crippen molar-refractivity contribution >= 4 is 21.2 Å². The van der Waals surface area contributed by atoms with Crippen LogP contribution in [0.4, 0.5) is 11.4 Å². The number of nitrogens with zero attached hydrogens (tertiary/aromatic N) is 1. The molecule has 2 unspecified atom stereocenters. The Morgan fingerprint density at radius 2 is 2.14 bits per heavy atom. The molecule has 2 atom stereocenters. The SMILES string of the molecule is CS(=O)(=O)c1ccc(NCC2CCCC2O)c([N+](=O)[O-])c1. The summed E-state index contributed by atoms with van der Waals surface area (Å²) in [5.74, 6) is 0.0687. The van der Waals surface area contributed by atoms with Crippen LogP contribution in [0.25, 0.3) is 0 Å². The second-order valence-electron chi connectivity index (χ2n) is 5.35. The van der Waals surface area contributed by atoms with E-state index in [0.717, 1.165) is 31.6 Å². The number of aliphatic hydroxyl groups excluding tert-OH is 1. The van der Waals surface area contributed by atoms with E-state index in [4.69, 9.17) is 0 Å². The number of anilines is 1. The number of nitro benzene ring substituents is 1. The average molecular weight is 314 g/mol. The number of hydrogen-bond donors (Lipinski definition) is 2. The molecule has 0 bridgehead atoms. The van der Waals surface area contributed by atoms with Gasteiger partial charge in [0.2, 0.25) is 0 Å². The predicted molar refractivity (Wildman–Crippen MR) is 78.0 cm³/mol. The summed E-state index contributed by atoms with van der Waals surface area (Å²) in [4.78, 5) is 10.4. The van der Waals surface area contributed by atoms with Crippen LogP contribution in [0.2, 0.25) is 0 Å². The molecule has 0 heterocycles. The zero-order chi connectivity index (χ0) is 15.6. The van der Waals surface area contributed by atoms with Crippen molar-refractivity contribution < 1.29 is 18.4 Å². The van der Waals surface area contributed by atoms with Gasteiger partial charge < -0.3 is 10.4 Å². The average Bonchev–Trinajstić information content (AvgIpc) is 2.80. The van der Waals surface area contributed by atoms with Crippen molar-refractivity contribution in [2.24, 2.45) is 5.92 Å². The number of rotatable bonds is 5. The first-order valence-corrected chi connectivity index (χ1v) is 8.58. The van der Waals surface area contributed by atoms with Crippen molar-refractivity contribution in [2.75, 3.05) is 18.1 Å². The summed E-state index contributed by atoms with van der Waals surface area (Å²) in [6.07, 6.45) is 3.20. The molecule has 1 aliphatic carbocycles. The van der Waals surface area contributed by atoms with Crippen LogP contribution < -0.4 is 5.32 Å². The van der Waals surface area contributed by atoms with Gasteiger partial charge in [-0.05, 0) is 25.0 Å². The third-order valence-electron chi connectivity index (χ3n) is 3.77. The van der Waals surface area contributed by atoms with E-state index in [1.54, 1.807) is 0 Å². The van der Waals surface area contributed by atoms with E-state index in [0.29, 0.717) is 6.54 Å². The molecule has 0 saturated heterocycles. The molecule has 0 aliphatic heterocycles. The summed E-state index contributed by atoms with van der Waals surface area (Å²) in [6.45, 7) is 0.431. The lowest BCUT2D eigenvalue weighted by atomic mass is 10.1. The first-order valence-electron chi connectivity index (χ1n) is 6.69. The lowest BCUT2D eigenvalue weighted by molar-refractivity contribution is -0.384. The Morgan fingerprint density at radius 1 is 1.43 bits per heavy atom. The molecule has 0 aromatic heterocycles. The van der Waals surface area contributed by atoms with Crippen LogP contribution in [0.5, 0.6) is 0 Å². The summed E-state index contributed by atoms with van der Waals surface area (Å²) in [5, 5.41) is 23.8. The number of hydrogen-bond acceptors (Lipinski definition) is 6. The molecular weight excluding hydrogens is 296 g/mol. The number of nitro groups is 1. The lowest BCUT2D eigenvalue weighted by Gasteiger charge is -2.16. The zero-order valence-corrected chi connectivity index (χ0v) is 12.5. The normalized spacial score (nSPS) is 22.2. The number of benzene rings is 1. The standard InChI is InChI=1S/C13H18N2O5S/c1-21(19,20)10-5-6-11(12(7-10)15(17)18)14-8-9-3-2-4-13(9)16/h5-7,9,13-14,16H,2-4,8H2,1H3. The topological polar surface area (TPSA) is 110 Å². The van der Waals surface area contributed by atoms with E-state index in [-0.39, 0.29) is 28.3 Å². The largest absolute Gasteiger partial charge is 0.393 e. The van der Waals surface area contributed by atoms with Gasteiger partial charge in [0.1, 0.15) is 5.69 Å². The van der Waals surface area contributed by atoms with E-state index in [2.05, 4.69) is 5.32 Å². The maximum Gasteiger partial charge on any atom is 0.293 e. The Labute approximate surface area is 123 Å². The highest BCUT2D eigenvalue weighted by Crippen LogP contribution is 2.30. The fraction of sp³-hybridized carbons (Fsp3) is 0.538. The molecule has 1 fully saturated rings. The van der Waals surface area contributed by atoms with Crippen LogP contribution in [0, 0.1) is 16.0 Å². The molecule has 2 N–H and O–H groups in total. The van der Waals surface area contributed by atoms with E-state index in [1.165, 1.54) is 12.1 Å². The number of sulfone groups is 1. The van der Waals surface area contributed by atoms with Crippen LogP contribution in [0.15, 0.2) is 23.1 Å². The predicted octanol–water partition coefficient (Wildman–Crippen LogP) is 1.57. The zero-order valence-electron chi connectivity index (χ0n) is 11.7. The summed E-state index contributed by atoms with van der Waals surface area (Å²) < 4.78 is 22.9. The van der Waals surface area contributed by atoms with Crippen LogP contribution >= 0.6 is 0 Å². The molecule has 2 rings (SSSR count). The van der Waals surface area contributed by atoms with E-state index >= 15 is 0 Å². The van der Waals surface area contributed by atoms with Gasteiger partial charge in [-0.3, -0.25) is 10.1 Å². The fourth-order valence-corrected chi connectivity index (χ4v) is 3.18. The van der Waals surface area contributed by atoms with Gasteiger partial charge in [0.25, 0.3) is 5.69 Å². The summed E-state index contributed by atoms with van der Waals surface area (Å²) in [7, 11) is -3.49. The molecule has 0 spiro atoms. The lowest BCUT2D eigenvalue weighted by Crippen LogP contribution is -2.22. The first kappa shape index (κ1) is 15.7. The fourth-order valence-electron chi connectivity index (χ4n) is 2.54. The molecule has 7 nitrogen and oxygen atoms in total. The van der Waals surface area contributed by atoms with Crippen molar-refractivity contribution in [1.82, 2.24) is 0 Å². The highest BCUT2D eigenvalue weighted by atomic mass is 32.2. The minimum absolute atomic E-state index is 0.0687. The van der Waals surface area contributed by atoms with Crippen LogP contribution in [-0.2, 0) is 9.84 Å². The van der Waals surface area contributed by atoms with Gasteiger partial charge in [0.15, 0.2) is 9.84 Å². The molecule has 1 aliphatic rings. The van der Waals surface area contributed by atoms with Crippen molar-refractivity contribution in [3.63, 3.8) is 0 Å². The Hall–Kier alpha value is -1.67. The van der Waals surface area contributed by atoms with E-state index in [9.17, 15) is 23.6 Å². The van der Waals surface area contributed by atoms with Crippen molar-refractivity contribution in [3.05, 3.63) is 28.3 Å². The molecular formula is C13H18N2O5S.